The van der Waals surface area contributed by atoms with E-state index in [1.807, 2.05) is 0 Å². The molecule has 0 radical (unpaired) electrons. The Kier molecular flexibility index (Phi) is 2.96. The average molecular weight is 238 g/mol. The van der Waals surface area contributed by atoms with E-state index >= 15 is 0 Å². The van der Waals surface area contributed by atoms with Crippen molar-refractivity contribution < 1.29 is 4.74 Å². The van der Waals surface area contributed by atoms with Gasteiger partial charge < -0.3 is 10.1 Å². The van der Waals surface area contributed by atoms with E-state index in [0.717, 1.165) is 6.54 Å². The van der Waals surface area contributed by atoms with Crippen LogP contribution in [0, 0.1) is 0 Å². The molecule has 3 nitrogen and oxygen atoms in total. The molecule has 0 saturated carbocycles. The Hall–Kier alpha value is -0.120. The molecule has 0 spiro atoms. The smallest absolute Gasteiger partial charge is 0.0736 e. The van der Waals surface area contributed by atoms with Gasteiger partial charge in [-0.1, -0.05) is 6.92 Å². The van der Waals surface area contributed by atoms with Crippen molar-refractivity contribution in [3.63, 3.8) is 0 Å². The highest BCUT2D eigenvalue weighted by atomic mass is 16.5. The molecule has 17 heavy (non-hydrogen) atoms. The molecular weight excluding hydrogens is 212 g/mol. The number of nitrogens with one attached hydrogen (secondary N) is 1. The monoisotopic (exact) mass is 238 g/mol. The van der Waals surface area contributed by atoms with Gasteiger partial charge in [0.15, 0.2) is 0 Å². The second-order valence-corrected chi connectivity index (χ2v) is 6.49. The highest BCUT2D eigenvalue weighted by Crippen LogP contribution is 2.39. The van der Waals surface area contributed by atoms with Crippen molar-refractivity contribution in [2.24, 2.45) is 0 Å². The Morgan fingerprint density at radius 2 is 2.24 bits per heavy atom. The largest absolute Gasteiger partial charge is 0.373 e. The summed E-state index contributed by atoms with van der Waals surface area (Å²) in [6, 6.07) is 1.35. The lowest BCUT2D eigenvalue weighted by molar-refractivity contribution is 0.0163. The molecule has 3 heterocycles. The van der Waals surface area contributed by atoms with Gasteiger partial charge in [0.1, 0.15) is 0 Å². The van der Waals surface area contributed by atoms with Crippen molar-refractivity contribution in [2.45, 2.75) is 76.3 Å². The van der Waals surface area contributed by atoms with Crippen LogP contribution in [0.2, 0.25) is 0 Å². The lowest BCUT2D eigenvalue weighted by Gasteiger charge is -2.48. The van der Waals surface area contributed by atoms with E-state index in [1.54, 1.807) is 0 Å². The van der Waals surface area contributed by atoms with Crippen molar-refractivity contribution in [3.05, 3.63) is 0 Å². The summed E-state index contributed by atoms with van der Waals surface area (Å²) in [5.74, 6) is 0. The fraction of sp³-hybridized carbons (Fsp3) is 1.00. The van der Waals surface area contributed by atoms with Gasteiger partial charge in [0.25, 0.3) is 0 Å². The fourth-order valence-electron chi connectivity index (χ4n) is 3.77. The van der Waals surface area contributed by atoms with E-state index in [4.69, 9.17) is 4.74 Å². The molecule has 98 valence electrons. The normalized spacial score (nSPS) is 51.0. The molecule has 3 fully saturated rings. The van der Waals surface area contributed by atoms with E-state index in [9.17, 15) is 0 Å². The Morgan fingerprint density at radius 3 is 2.82 bits per heavy atom. The summed E-state index contributed by atoms with van der Waals surface area (Å²) in [6.45, 7) is 9.31. The predicted octanol–water partition coefficient (Wildman–Crippen LogP) is 1.77. The Balaban J connectivity index is 1.72. The molecule has 1 N–H and O–H groups in total. The maximum absolute atomic E-state index is 6.03. The molecule has 0 amide bonds. The van der Waals surface area contributed by atoms with Crippen LogP contribution in [0.4, 0.5) is 0 Å². The SMILES string of the molecule is CCC1(C)CN(C2CC3CCC2O3)C(C)CN1. The number of ether oxygens (including phenoxy) is 1. The number of piperazine rings is 1. The Labute approximate surface area is 105 Å². The van der Waals surface area contributed by atoms with Crippen LogP contribution in [0.15, 0.2) is 0 Å². The van der Waals surface area contributed by atoms with Crippen molar-refractivity contribution in [1.29, 1.82) is 0 Å². The van der Waals surface area contributed by atoms with Crippen LogP contribution >= 0.6 is 0 Å². The molecule has 0 aromatic rings. The molecule has 3 rings (SSSR count). The van der Waals surface area contributed by atoms with Crippen molar-refractivity contribution in [3.8, 4) is 0 Å². The zero-order valence-electron chi connectivity index (χ0n) is 11.4. The molecule has 5 atom stereocenters. The maximum Gasteiger partial charge on any atom is 0.0736 e. The third-order valence-corrected chi connectivity index (χ3v) is 5.20. The van der Waals surface area contributed by atoms with Crippen LogP contribution in [-0.2, 0) is 4.74 Å². The van der Waals surface area contributed by atoms with Gasteiger partial charge in [0, 0.05) is 30.7 Å². The van der Waals surface area contributed by atoms with Crippen LogP contribution < -0.4 is 5.32 Å². The molecule has 5 unspecified atom stereocenters. The van der Waals surface area contributed by atoms with Gasteiger partial charge in [-0.3, -0.25) is 4.90 Å². The first kappa shape index (κ1) is 11.9. The van der Waals surface area contributed by atoms with Crippen molar-refractivity contribution >= 4 is 0 Å². The molecule has 3 aliphatic rings. The third kappa shape index (κ3) is 2.02. The summed E-state index contributed by atoms with van der Waals surface area (Å²) in [5, 5.41) is 3.71. The minimum Gasteiger partial charge on any atom is -0.373 e. The Bertz CT molecular complexity index is 296. The van der Waals surface area contributed by atoms with Gasteiger partial charge in [0.2, 0.25) is 0 Å². The lowest BCUT2D eigenvalue weighted by atomic mass is 9.88. The molecule has 3 heteroatoms. The Morgan fingerprint density at radius 1 is 1.41 bits per heavy atom. The molecule has 0 aliphatic carbocycles. The lowest BCUT2D eigenvalue weighted by Crippen LogP contribution is -2.65. The van der Waals surface area contributed by atoms with E-state index in [0.29, 0.717) is 29.8 Å². The van der Waals surface area contributed by atoms with Crippen LogP contribution in [0.5, 0.6) is 0 Å². The van der Waals surface area contributed by atoms with Gasteiger partial charge in [-0.15, -0.1) is 0 Å². The van der Waals surface area contributed by atoms with Gasteiger partial charge in [0.05, 0.1) is 12.2 Å². The highest BCUT2D eigenvalue weighted by Gasteiger charge is 2.47. The van der Waals surface area contributed by atoms with Crippen LogP contribution in [-0.4, -0.2) is 47.8 Å². The zero-order valence-corrected chi connectivity index (χ0v) is 11.4. The summed E-state index contributed by atoms with van der Waals surface area (Å²) < 4.78 is 6.03. The van der Waals surface area contributed by atoms with E-state index in [1.165, 1.54) is 32.2 Å². The van der Waals surface area contributed by atoms with Gasteiger partial charge in [-0.05, 0) is 39.5 Å². The maximum atomic E-state index is 6.03. The molecule has 0 aromatic heterocycles. The summed E-state index contributed by atoms with van der Waals surface area (Å²) in [6.07, 6.45) is 6.16. The molecule has 3 aliphatic heterocycles. The number of hydrogen-bond donors (Lipinski definition) is 1. The van der Waals surface area contributed by atoms with Gasteiger partial charge in [-0.25, -0.2) is 0 Å². The minimum absolute atomic E-state index is 0.300. The summed E-state index contributed by atoms with van der Waals surface area (Å²) in [5.41, 5.74) is 0.300. The molecule has 2 bridgehead atoms. The average Bonchev–Trinajstić information content (AvgIpc) is 2.94. The van der Waals surface area contributed by atoms with Crippen molar-refractivity contribution in [1.82, 2.24) is 10.2 Å². The zero-order chi connectivity index (χ0) is 12.0. The number of hydrogen-bond acceptors (Lipinski definition) is 3. The number of rotatable bonds is 2. The fourth-order valence-corrected chi connectivity index (χ4v) is 3.77. The summed E-state index contributed by atoms with van der Waals surface area (Å²) in [4.78, 5) is 2.73. The van der Waals surface area contributed by atoms with Crippen LogP contribution in [0.25, 0.3) is 0 Å². The standard InChI is InChI=1S/C14H26N2O/c1-4-14(3)9-16(10(2)8-15-14)12-7-11-5-6-13(12)17-11/h10-13,15H,4-9H2,1-3H3. The first-order valence-corrected chi connectivity index (χ1v) is 7.27. The van der Waals surface area contributed by atoms with Crippen molar-refractivity contribution in [2.75, 3.05) is 13.1 Å². The summed E-state index contributed by atoms with van der Waals surface area (Å²) in [7, 11) is 0. The molecule has 0 aromatic carbocycles. The predicted molar refractivity (Wildman–Crippen MR) is 69.2 cm³/mol. The second kappa shape index (κ2) is 4.22. The van der Waals surface area contributed by atoms with Gasteiger partial charge in [-0.2, -0.15) is 0 Å². The minimum atomic E-state index is 0.300. The number of nitrogens with zero attached hydrogens (tertiary/aromatic N) is 1. The van der Waals surface area contributed by atoms with E-state index in [-0.39, 0.29) is 0 Å². The summed E-state index contributed by atoms with van der Waals surface area (Å²) >= 11 is 0. The quantitative estimate of drug-likeness (QED) is 0.793. The molecule has 3 saturated heterocycles. The second-order valence-electron chi connectivity index (χ2n) is 6.49. The number of fused-ring (bicyclic) bond motifs is 2. The van der Waals surface area contributed by atoms with Crippen LogP contribution in [0.1, 0.15) is 46.5 Å². The first-order valence-electron chi connectivity index (χ1n) is 7.27. The van der Waals surface area contributed by atoms with E-state index in [2.05, 4.69) is 31.0 Å². The third-order valence-electron chi connectivity index (χ3n) is 5.20. The van der Waals surface area contributed by atoms with Crippen LogP contribution in [0.3, 0.4) is 0 Å². The topological polar surface area (TPSA) is 24.5 Å². The highest BCUT2D eigenvalue weighted by molar-refractivity contribution is 5.02. The molecular formula is C14H26N2O. The van der Waals surface area contributed by atoms with E-state index < -0.39 is 0 Å². The first-order chi connectivity index (χ1) is 8.11. The van der Waals surface area contributed by atoms with Gasteiger partial charge >= 0.3 is 0 Å².